The van der Waals surface area contributed by atoms with Gasteiger partial charge in [-0.1, -0.05) is 42.4 Å². The van der Waals surface area contributed by atoms with Crippen LogP contribution in [0.2, 0.25) is 0 Å². The molecule has 2 aliphatic rings. The first kappa shape index (κ1) is 13.4. The molecule has 3 rings (SSSR count). The highest BCUT2D eigenvalue weighted by Crippen LogP contribution is 2.25. The van der Waals surface area contributed by atoms with Crippen molar-refractivity contribution in [1.82, 2.24) is 4.90 Å². The van der Waals surface area contributed by atoms with Gasteiger partial charge < -0.3 is 4.84 Å². The fraction of sp³-hybridized carbons (Fsp3) is 0.471. The first-order valence-corrected chi connectivity index (χ1v) is 7.52. The van der Waals surface area contributed by atoms with Gasteiger partial charge in [-0.15, -0.1) is 0 Å². The lowest BCUT2D eigenvalue weighted by atomic mass is 10.0. The van der Waals surface area contributed by atoms with Gasteiger partial charge in [-0.3, -0.25) is 4.90 Å². The summed E-state index contributed by atoms with van der Waals surface area (Å²) in [5, 5.41) is 4.34. The van der Waals surface area contributed by atoms with E-state index in [1.54, 1.807) is 0 Å². The van der Waals surface area contributed by atoms with Gasteiger partial charge in [0, 0.05) is 19.0 Å². The van der Waals surface area contributed by atoms with E-state index in [1.165, 1.54) is 36.4 Å². The highest BCUT2D eigenvalue weighted by atomic mass is 16.6. The van der Waals surface area contributed by atoms with E-state index in [2.05, 4.69) is 47.3 Å². The van der Waals surface area contributed by atoms with Crippen molar-refractivity contribution in [3.8, 4) is 0 Å². The molecule has 0 aliphatic carbocycles. The predicted octanol–water partition coefficient (Wildman–Crippen LogP) is 3.19. The zero-order valence-corrected chi connectivity index (χ0v) is 12.1. The molecule has 20 heavy (non-hydrogen) atoms. The van der Waals surface area contributed by atoms with Gasteiger partial charge in [0.1, 0.15) is 6.61 Å². The molecule has 0 aromatic heterocycles. The van der Waals surface area contributed by atoms with E-state index < -0.39 is 0 Å². The molecule has 2 aliphatic heterocycles. The van der Waals surface area contributed by atoms with Gasteiger partial charge in [-0.25, -0.2) is 0 Å². The SMILES string of the molecule is CC/C(=C\CO/N=C1\CN2CCC1C2)c1ccccc1. The maximum Gasteiger partial charge on any atom is 0.136 e. The van der Waals surface area contributed by atoms with Crippen LogP contribution in [-0.2, 0) is 4.84 Å². The summed E-state index contributed by atoms with van der Waals surface area (Å²) in [6.07, 6.45) is 4.41. The van der Waals surface area contributed by atoms with Crippen LogP contribution in [0.3, 0.4) is 0 Å². The van der Waals surface area contributed by atoms with Gasteiger partial charge >= 0.3 is 0 Å². The first-order chi connectivity index (χ1) is 9.86. The molecular weight excluding hydrogens is 248 g/mol. The Hall–Kier alpha value is -1.61. The standard InChI is InChI=1S/C17H22N2O/c1-2-14(15-6-4-3-5-7-15)9-11-20-18-17-13-19-10-8-16(17)12-19/h3-7,9,16H,2,8,10-13H2,1H3/b14-9+,18-17+. The maximum absolute atomic E-state index is 5.51. The molecule has 2 bridgehead atoms. The third kappa shape index (κ3) is 2.93. The van der Waals surface area contributed by atoms with E-state index in [0.717, 1.165) is 13.0 Å². The minimum absolute atomic E-state index is 0.564. The predicted molar refractivity (Wildman–Crippen MR) is 82.6 cm³/mol. The average molecular weight is 270 g/mol. The Kier molecular flexibility index (Phi) is 4.16. The van der Waals surface area contributed by atoms with E-state index in [4.69, 9.17) is 4.84 Å². The summed E-state index contributed by atoms with van der Waals surface area (Å²) in [5.41, 5.74) is 3.84. The van der Waals surface area contributed by atoms with Crippen LogP contribution in [0.25, 0.3) is 5.57 Å². The lowest BCUT2D eigenvalue weighted by Crippen LogP contribution is -2.23. The molecular formula is C17H22N2O. The topological polar surface area (TPSA) is 24.8 Å². The van der Waals surface area contributed by atoms with Crippen LogP contribution in [-0.4, -0.2) is 36.9 Å². The Morgan fingerprint density at radius 2 is 2.25 bits per heavy atom. The maximum atomic E-state index is 5.51. The van der Waals surface area contributed by atoms with Crippen molar-refractivity contribution in [3.63, 3.8) is 0 Å². The van der Waals surface area contributed by atoms with Gasteiger partial charge in [0.25, 0.3) is 0 Å². The summed E-state index contributed by atoms with van der Waals surface area (Å²) in [4.78, 5) is 7.96. The van der Waals surface area contributed by atoms with Gasteiger partial charge in [0.05, 0.1) is 5.71 Å². The smallest absolute Gasteiger partial charge is 0.136 e. The molecule has 0 radical (unpaired) electrons. The molecule has 2 saturated heterocycles. The largest absolute Gasteiger partial charge is 0.392 e. The number of oxime groups is 1. The second-order valence-corrected chi connectivity index (χ2v) is 5.55. The van der Waals surface area contributed by atoms with Crippen molar-refractivity contribution in [1.29, 1.82) is 0 Å². The van der Waals surface area contributed by atoms with E-state index in [0.29, 0.717) is 12.5 Å². The Labute approximate surface area is 120 Å². The zero-order valence-electron chi connectivity index (χ0n) is 12.1. The summed E-state index contributed by atoms with van der Waals surface area (Å²) in [5.74, 6) is 0.652. The molecule has 0 spiro atoms. The highest BCUT2D eigenvalue weighted by molar-refractivity contribution is 5.91. The Balaban J connectivity index is 1.56. The van der Waals surface area contributed by atoms with Gasteiger partial charge in [-0.05, 0) is 36.6 Å². The second kappa shape index (κ2) is 6.23. The average Bonchev–Trinajstić information content (AvgIpc) is 3.11. The number of hydrogen-bond donors (Lipinski definition) is 0. The van der Waals surface area contributed by atoms with Crippen molar-refractivity contribution in [2.45, 2.75) is 19.8 Å². The third-order valence-corrected chi connectivity index (χ3v) is 4.24. The number of allylic oxidation sites excluding steroid dienone is 1. The molecule has 2 heterocycles. The number of fused-ring (bicyclic) bond motifs is 2. The molecule has 3 nitrogen and oxygen atoms in total. The van der Waals surface area contributed by atoms with Crippen LogP contribution in [0.1, 0.15) is 25.3 Å². The number of benzene rings is 1. The van der Waals surface area contributed by atoms with Crippen LogP contribution < -0.4 is 0 Å². The highest BCUT2D eigenvalue weighted by Gasteiger charge is 2.35. The van der Waals surface area contributed by atoms with Crippen molar-refractivity contribution < 1.29 is 4.84 Å². The van der Waals surface area contributed by atoms with Gasteiger partial charge in [0.2, 0.25) is 0 Å². The van der Waals surface area contributed by atoms with Crippen LogP contribution in [0.5, 0.6) is 0 Å². The summed E-state index contributed by atoms with van der Waals surface area (Å²) < 4.78 is 0. The lowest BCUT2D eigenvalue weighted by Gasteiger charge is -2.12. The third-order valence-electron chi connectivity index (χ3n) is 4.24. The summed E-state index contributed by atoms with van der Waals surface area (Å²) >= 11 is 0. The normalized spacial score (nSPS) is 27.2. The van der Waals surface area contributed by atoms with Crippen molar-refractivity contribution in [2.24, 2.45) is 11.1 Å². The summed E-state index contributed by atoms with van der Waals surface area (Å²) in [7, 11) is 0. The number of hydrogen-bond acceptors (Lipinski definition) is 3. The fourth-order valence-corrected chi connectivity index (χ4v) is 3.09. The van der Waals surface area contributed by atoms with Crippen LogP contribution in [0, 0.1) is 5.92 Å². The van der Waals surface area contributed by atoms with Gasteiger partial charge in [0.15, 0.2) is 0 Å². The van der Waals surface area contributed by atoms with Crippen LogP contribution >= 0.6 is 0 Å². The first-order valence-electron chi connectivity index (χ1n) is 7.52. The second-order valence-electron chi connectivity index (χ2n) is 5.55. The van der Waals surface area contributed by atoms with E-state index in [9.17, 15) is 0 Å². The molecule has 1 aromatic carbocycles. The summed E-state index contributed by atoms with van der Waals surface area (Å²) in [6.45, 7) is 6.16. The molecule has 106 valence electrons. The molecule has 2 atom stereocenters. The van der Waals surface area contributed by atoms with Crippen molar-refractivity contribution in [3.05, 3.63) is 42.0 Å². The van der Waals surface area contributed by atoms with Crippen molar-refractivity contribution >= 4 is 11.3 Å². The molecule has 2 unspecified atom stereocenters. The minimum Gasteiger partial charge on any atom is -0.392 e. The monoisotopic (exact) mass is 270 g/mol. The minimum atomic E-state index is 0.564. The number of piperidine rings is 1. The Morgan fingerprint density at radius 3 is 2.90 bits per heavy atom. The van der Waals surface area contributed by atoms with Crippen LogP contribution in [0.15, 0.2) is 41.6 Å². The quantitative estimate of drug-likeness (QED) is 0.606. The Morgan fingerprint density at radius 1 is 1.40 bits per heavy atom. The van der Waals surface area contributed by atoms with E-state index >= 15 is 0 Å². The molecule has 1 aromatic rings. The van der Waals surface area contributed by atoms with E-state index in [1.807, 2.05) is 6.07 Å². The molecule has 0 saturated carbocycles. The number of rotatable bonds is 5. The molecule has 3 heteroatoms. The lowest BCUT2D eigenvalue weighted by molar-refractivity contribution is 0.172. The zero-order chi connectivity index (χ0) is 13.8. The Bertz CT molecular complexity index is 507. The molecule has 0 amide bonds. The summed E-state index contributed by atoms with van der Waals surface area (Å²) in [6, 6.07) is 10.5. The molecule has 0 N–H and O–H groups in total. The number of nitrogens with zero attached hydrogens (tertiary/aromatic N) is 2. The van der Waals surface area contributed by atoms with Gasteiger partial charge in [-0.2, -0.15) is 0 Å². The van der Waals surface area contributed by atoms with Crippen molar-refractivity contribution in [2.75, 3.05) is 26.2 Å². The van der Waals surface area contributed by atoms with Crippen LogP contribution in [0.4, 0.5) is 0 Å². The fourth-order valence-electron chi connectivity index (χ4n) is 3.09. The van der Waals surface area contributed by atoms with E-state index in [-0.39, 0.29) is 0 Å². The molecule has 2 fully saturated rings.